The van der Waals surface area contributed by atoms with E-state index in [1.807, 2.05) is 43.3 Å². The van der Waals surface area contributed by atoms with E-state index >= 15 is 0 Å². The number of aryl methyl sites for hydroxylation is 1. The number of Topliss-reactive ketones (excluding diaryl/α,β-unsaturated/α-hetero) is 1. The molecular weight excluding hydrogens is 380 g/mol. The van der Waals surface area contributed by atoms with Gasteiger partial charge in [-0.15, -0.1) is 0 Å². The van der Waals surface area contributed by atoms with E-state index in [0.717, 1.165) is 63.2 Å². The normalized spacial score (nSPS) is 18.6. The first-order valence-corrected chi connectivity index (χ1v) is 10.3. The van der Waals surface area contributed by atoms with Crippen molar-refractivity contribution in [3.05, 3.63) is 52.5 Å². The number of fused-ring (bicyclic) bond motifs is 2. The predicted octanol–water partition coefficient (Wildman–Crippen LogP) is 5.26. The molecule has 0 bridgehead atoms. The highest BCUT2D eigenvalue weighted by atomic mass is 35.5. The van der Waals surface area contributed by atoms with Crippen molar-refractivity contribution in [3.8, 4) is 5.75 Å². The first-order chi connectivity index (χ1) is 13.0. The van der Waals surface area contributed by atoms with Crippen molar-refractivity contribution in [1.82, 2.24) is 4.98 Å². The fourth-order valence-corrected chi connectivity index (χ4v) is 5.31. The number of halogens is 1. The molecule has 0 amide bonds. The Morgan fingerprint density at radius 3 is 2.81 bits per heavy atom. The Morgan fingerprint density at radius 1 is 1.19 bits per heavy atom. The lowest BCUT2D eigenvalue weighted by Gasteiger charge is -2.44. The number of nitrogens with zero attached hydrogens (tertiary/aromatic N) is 2. The van der Waals surface area contributed by atoms with Gasteiger partial charge in [0, 0.05) is 31.0 Å². The lowest BCUT2D eigenvalue weighted by molar-refractivity contribution is 0.0232. The molecule has 3 heterocycles. The molecule has 0 aliphatic carbocycles. The third-order valence-corrected chi connectivity index (χ3v) is 6.84. The van der Waals surface area contributed by atoms with Gasteiger partial charge in [-0.3, -0.25) is 4.79 Å². The van der Waals surface area contributed by atoms with Gasteiger partial charge in [-0.05, 0) is 37.3 Å². The van der Waals surface area contributed by atoms with Gasteiger partial charge in [-0.1, -0.05) is 34.6 Å². The van der Waals surface area contributed by atoms with E-state index in [9.17, 15) is 4.79 Å². The summed E-state index contributed by atoms with van der Waals surface area (Å²) >= 11 is 7.76. The second-order valence-corrected chi connectivity index (χ2v) is 8.93. The number of carbonyl (C=O) groups excluding carboxylic acids is 1. The van der Waals surface area contributed by atoms with Crippen LogP contribution in [0.4, 0.5) is 5.13 Å². The van der Waals surface area contributed by atoms with Gasteiger partial charge in [0.05, 0.1) is 22.2 Å². The van der Waals surface area contributed by atoms with Crippen LogP contribution in [-0.4, -0.2) is 29.5 Å². The molecule has 27 heavy (non-hydrogen) atoms. The van der Waals surface area contributed by atoms with Crippen molar-refractivity contribution in [2.45, 2.75) is 31.8 Å². The number of piperidine rings is 1. The second-order valence-electron chi connectivity index (χ2n) is 7.48. The number of hydrogen-bond donors (Lipinski definition) is 0. The average Bonchev–Trinajstić information content (AvgIpc) is 3.06. The molecule has 0 radical (unpaired) electrons. The average molecular weight is 399 g/mol. The Kier molecular flexibility index (Phi) is 3.92. The molecule has 1 saturated heterocycles. The number of carbonyl (C=O) groups is 1. The molecule has 3 aromatic rings. The fraction of sp³-hybridized carbons (Fsp3) is 0.333. The van der Waals surface area contributed by atoms with Crippen LogP contribution < -0.4 is 9.64 Å². The van der Waals surface area contributed by atoms with Crippen molar-refractivity contribution >= 4 is 44.1 Å². The van der Waals surface area contributed by atoms with E-state index in [-0.39, 0.29) is 11.4 Å². The predicted molar refractivity (Wildman–Crippen MR) is 110 cm³/mol. The molecule has 0 atom stereocenters. The highest BCUT2D eigenvalue weighted by Gasteiger charge is 2.43. The Balaban J connectivity index is 1.36. The molecule has 2 aromatic carbocycles. The van der Waals surface area contributed by atoms with Gasteiger partial charge in [0.15, 0.2) is 10.9 Å². The molecule has 0 N–H and O–H groups in total. The van der Waals surface area contributed by atoms with E-state index in [1.165, 1.54) is 0 Å². The molecule has 1 spiro atoms. The summed E-state index contributed by atoms with van der Waals surface area (Å²) in [5, 5.41) is 1.75. The van der Waals surface area contributed by atoms with Crippen LogP contribution in [0.3, 0.4) is 0 Å². The maximum Gasteiger partial charge on any atom is 0.186 e. The van der Waals surface area contributed by atoms with Gasteiger partial charge in [-0.25, -0.2) is 4.98 Å². The number of thiazole rings is 1. The molecule has 2 aliphatic heterocycles. The van der Waals surface area contributed by atoms with Crippen molar-refractivity contribution in [1.29, 1.82) is 0 Å². The van der Waals surface area contributed by atoms with Crippen LogP contribution >= 0.6 is 22.9 Å². The molecule has 1 fully saturated rings. The van der Waals surface area contributed by atoms with Gasteiger partial charge in [0.25, 0.3) is 0 Å². The lowest BCUT2D eigenvalue weighted by Crippen LogP contribution is -2.51. The number of anilines is 1. The minimum absolute atomic E-state index is 0.197. The third-order valence-electron chi connectivity index (χ3n) is 5.53. The molecular formula is C21H19ClN2O2S. The molecule has 2 aliphatic rings. The van der Waals surface area contributed by atoms with E-state index < -0.39 is 0 Å². The Morgan fingerprint density at radius 2 is 2.00 bits per heavy atom. The Hall–Kier alpha value is -2.11. The number of ether oxygens (including phenoxy) is 1. The summed E-state index contributed by atoms with van der Waals surface area (Å²) in [6, 6.07) is 11.7. The zero-order chi connectivity index (χ0) is 18.6. The quantitative estimate of drug-likeness (QED) is 0.560. The van der Waals surface area contributed by atoms with Gasteiger partial charge in [-0.2, -0.15) is 0 Å². The summed E-state index contributed by atoms with van der Waals surface area (Å²) in [7, 11) is 0. The topological polar surface area (TPSA) is 42.4 Å². The SMILES string of the molecule is Cc1ccc2c(c1)C(=O)CC1(CCN(c3nc4ccc(Cl)cc4s3)CC1)O2. The van der Waals surface area contributed by atoms with Crippen LogP contribution in [0.15, 0.2) is 36.4 Å². The molecule has 5 rings (SSSR count). The van der Waals surface area contributed by atoms with Crippen LogP contribution in [0.1, 0.15) is 35.2 Å². The van der Waals surface area contributed by atoms with Crippen molar-refractivity contribution in [2.75, 3.05) is 18.0 Å². The van der Waals surface area contributed by atoms with Gasteiger partial charge in [0.2, 0.25) is 0 Å². The van der Waals surface area contributed by atoms with Crippen LogP contribution in [0, 0.1) is 6.92 Å². The molecule has 4 nitrogen and oxygen atoms in total. The zero-order valence-electron chi connectivity index (χ0n) is 15.0. The molecule has 0 unspecified atom stereocenters. The number of hydrogen-bond acceptors (Lipinski definition) is 5. The summed E-state index contributed by atoms with van der Waals surface area (Å²) in [6.07, 6.45) is 2.11. The first-order valence-electron chi connectivity index (χ1n) is 9.15. The summed E-state index contributed by atoms with van der Waals surface area (Å²) in [6.45, 7) is 3.67. The van der Waals surface area contributed by atoms with Crippen molar-refractivity contribution in [3.63, 3.8) is 0 Å². The van der Waals surface area contributed by atoms with Crippen molar-refractivity contribution < 1.29 is 9.53 Å². The fourth-order valence-electron chi connectivity index (χ4n) is 4.01. The standard InChI is InChI=1S/C21H19ClN2O2S/c1-13-2-5-18-15(10-13)17(25)12-21(26-18)6-8-24(9-7-21)20-23-16-4-3-14(22)11-19(16)27-20/h2-5,10-11H,6-9,12H2,1H3. The maximum atomic E-state index is 12.7. The van der Waals surface area contributed by atoms with Crippen LogP contribution in [0.25, 0.3) is 10.2 Å². The molecule has 138 valence electrons. The minimum atomic E-state index is -0.379. The molecule has 1 aromatic heterocycles. The number of rotatable bonds is 1. The van der Waals surface area contributed by atoms with Crippen molar-refractivity contribution in [2.24, 2.45) is 0 Å². The van der Waals surface area contributed by atoms with Gasteiger partial charge >= 0.3 is 0 Å². The van der Waals surface area contributed by atoms with E-state index in [0.29, 0.717) is 6.42 Å². The smallest absolute Gasteiger partial charge is 0.186 e. The summed E-state index contributed by atoms with van der Waals surface area (Å²) < 4.78 is 7.47. The highest BCUT2D eigenvalue weighted by molar-refractivity contribution is 7.22. The van der Waals surface area contributed by atoms with Gasteiger partial charge < -0.3 is 9.64 Å². The summed E-state index contributed by atoms with van der Waals surface area (Å²) in [4.78, 5) is 19.7. The lowest BCUT2D eigenvalue weighted by atomic mass is 9.82. The zero-order valence-corrected chi connectivity index (χ0v) is 16.6. The molecule has 0 saturated carbocycles. The minimum Gasteiger partial charge on any atom is -0.486 e. The highest BCUT2D eigenvalue weighted by Crippen LogP contribution is 2.41. The maximum absolute atomic E-state index is 12.7. The second kappa shape index (κ2) is 6.21. The van der Waals surface area contributed by atoms with E-state index in [4.69, 9.17) is 21.3 Å². The summed E-state index contributed by atoms with van der Waals surface area (Å²) in [5.41, 5.74) is 2.42. The number of ketones is 1. The number of aromatic nitrogens is 1. The first kappa shape index (κ1) is 17.0. The third kappa shape index (κ3) is 2.99. The van der Waals surface area contributed by atoms with Crippen LogP contribution in [-0.2, 0) is 0 Å². The summed E-state index contributed by atoms with van der Waals surface area (Å²) in [5.74, 6) is 0.933. The van der Waals surface area contributed by atoms with Crippen LogP contribution in [0.5, 0.6) is 5.75 Å². The van der Waals surface area contributed by atoms with Gasteiger partial charge in [0.1, 0.15) is 11.4 Å². The van der Waals surface area contributed by atoms with Crippen LogP contribution in [0.2, 0.25) is 5.02 Å². The van der Waals surface area contributed by atoms with E-state index in [2.05, 4.69) is 4.90 Å². The largest absolute Gasteiger partial charge is 0.486 e. The molecule has 6 heteroatoms. The Labute approximate surface area is 166 Å². The van der Waals surface area contributed by atoms with E-state index in [1.54, 1.807) is 11.3 Å². The monoisotopic (exact) mass is 398 g/mol. The number of benzene rings is 2. The Bertz CT molecular complexity index is 1050.